The van der Waals surface area contributed by atoms with Crippen LogP contribution < -0.4 is 10.6 Å². The summed E-state index contributed by atoms with van der Waals surface area (Å²) < 4.78 is 0. The number of thiophene rings is 1. The molecule has 0 bridgehead atoms. The standard InChI is InChI=1S/C20H18N2O2S/c1-14(21-20(24)18-12-7-13-25-18)19(23)22-17-11-6-5-10-16(17)15-8-3-2-4-9-15/h2-14H,1H3,(H,21,24)(H,22,23). The summed E-state index contributed by atoms with van der Waals surface area (Å²) in [5.74, 6) is -0.498. The Kier molecular flexibility index (Phi) is 5.26. The molecule has 0 saturated heterocycles. The molecule has 1 heterocycles. The molecule has 5 heteroatoms. The topological polar surface area (TPSA) is 58.2 Å². The molecule has 0 aliphatic carbocycles. The van der Waals surface area contributed by atoms with Crippen LogP contribution in [0.15, 0.2) is 72.1 Å². The molecule has 4 nitrogen and oxygen atoms in total. The van der Waals surface area contributed by atoms with E-state index >= 15 is 0 Å². The lowest BCUT2D eigenvalue weighted by molar-refractivity contribution is -0.117. The number of benzene rings is 2. The lowest BCUT2D eigenvalue weighted by Gasteiger charge is -2.16. The second-order valence-corrected chi connectivity index (χ2v) is 6.52. The predicted molar refractivity (Wildman–Crippen MR) is 102 cm³/mol. The number of amides is 2. The van der Waals surface area contributed by atoms with Gasteiger partial charge in [-0.15, -0.1) is 11.3 Å². The first-order chi connectivity index (χ1) is 12.1. The normalized spacial score (nSPS) is 11.6. The van der Waals surface area contributed by atoms with Crippen molar-refractivity contribution in [1.29, 1.82) is 0 Å². The molecule has 3 aromatic rings. The maximum atomic E-state index is 12.5. The number of nitrogens with one attached hydrogen (secondary N) is 2. The Hall–Kier alpha value is -2.92. The molecule has 2 aromatic carbocycles. The Balaban J connectivity index is 1.72. The van der Waals surface area contributed by atoms with Crippen LogP contribution in [0.25, 0.3) is 11.1 Å². The largest absolute Gasteiger partial charge is 0.340 e. The first-order valence-corrected chi connectivity index (χ1v) is 8.83. The first kappa shape index (κ1) is 16.9. The zero-order valence-electron chi connectivity index (χ0n) is 13.7. The Bertz CT molecular complexity index is 860. The van der Waals surface area contributed by atoms with Gasteiger partial charge in [0, 0.05) is 11.3 Å². The van der Waals surface area contributed by atoms with Gasteiger partial charge >= 0.3 is 0 Å². The summed E-state index contributed by atoms with van der Waals surface area (Å²) in [6.45, 7) is 1.67. The molecule has 126 valence electrons. The molecular formula is C20H18N2O2S. The number of para-hydroxylation sites is 1. The fourth-order valence-corrected chi connectivity index (χ4v) is 3.07. The van der Waals surface area contributed by atoms with Gasteiger partial charge < -0.3 is 10.6 Å². The highest BCUT2D eigenvalue weighted by atomic mass is 32.1. The third kappa shape index (κ3) is 4.14. The van der Waals surface area contributed by atoms with E-state index in [1.807, 2.05) is 60.0 Å². The molecule has 0 saturated carbocycles. The van der Waals surface area contributed by atoms with Crippen molar-refractivity contribution in [3.05, 3.63) is 77.0 Å². The second kappa shape index (κ2) is 7.77. The average Bonchev–Trinajstić information content (AvgIpc) is 3.17. The number of carbonyl (C=O) groups is 2. The van der Waals surface area contributed by atoms with E-state index in [9.17, 15) is 9.59 Å². The molecule has 2 amide bonds. The van der Waals surface area contributed by atoms with Gasteiger partial charge in [-0.3, -0.25) is 9.59 Å². The Morgan fingerprint density at radius 3 is 2.36 bits per heavy atom. The SMILES string of the molecule is CC(NC(=O)c1cccs1)C(=O)Nc1ccccc1-c1ccccc1. The van der Waals surface area contributed by atoms with Crippen LogP contribution in [0.2, 0.25) is 0 Å². The molecule has 1 unspecified atom stereocenters. The van der Waals surface area contributed by atoms with Crippen molar-refractivity contribution in [3.8, 4) is 11.1 Å². The van der Waals surface area contributed by atoms with Gasteiger partial charge in [0.2, 0.25) is 5.91 Å². The van der Waals surface area contributed by atoms with Crippen LogP contribution in [-0.4, -0.2) is 17.9 Å². The molecule has 1 atom stereocenters. The van der Waals surface area contributed by atoms with Crippen LogP contribution in [0.4, 0.5) is 5.69 Å². The van der Waals surface area contributed by atoms with Crippen molar-refractivity contribution in [2.75, 3.05) is 5.32 Å². The molecule has 0 aliphatic heterocycles. The molecule has 3 rings (SSSR count). The van der Waals surface area contributed by atoms with Crippen LogP contribution >= 0.6 is 11.3 Å². The minimum Gasteiger partial charge on any atom is -0.340 e. The summed E-state index contributed by atoms with van der Waals surface area (Å²) in [5.41, 5.74) is 2.68. The molecule has 0 radical (unpaired) electrons. The van der Waals surface area contributed by atoms with Gasteiger partial charge in [0.05, 0.1) is 4.88 Å². The molecule has 0 spiro atoms. The van der Waals surface area contributed by atoms with E-state index in [1.165, 1.54) is 11.3 Å². The van der Waals surface area contributed by atoms with Crippen LogP contribution in [0.3, 0.4) is 0 Å². The lowest BCUT2D eigenvalue weighted by Crippen LogP contribution is -2.41. The number of hydrogen-bond acceptors (Lipinski definition) is 3. The van der Waals surface area contributed by atoms with E-state index < -0.39 is 6.04 Å². The van der Waals surface area contributed by atoms with E-state index in [4.69, 9.17) is 0 Å². The second-order valence-electron chi connectivity index (χ2n) is 5.57. The van der Waals surface area contributed by atoms with Crippen molar-refractivity contribution in [2.24, 2.45) is 0 Å². The minimum absolute atomic E-state index is 0.242. The highest BCUT2D eigenvalue weighted by Gasteiger charge is 2.18. The van der Waals surface area contributed by atoms with Crippen molar-refractivity contribution in [3.63, 3.8) is 0 Å². The van der Waals surface area contributed by atoms with Crippen molar-refractivity contribution in [2.45, 2.75) is 13.0 Å². The van der Waals surface area contributed by atoms with Gasteiger partial charge in [-0.05, 0) is 30.0 Å². The Morgan fingerprint density at radius 1 is 0.920 bits per heavy atom. The van der Waals surface area contributed by atoms with E-state index in [2.05, 4.69) is 10.6 Å². The maximum Gasteiger partial charge on any atom is 0.261 e. The van der Waals surface area contributed by atoms with E-state index in [1.54, 1.807) is 19.1 Å². The Morgan fingerprint density at radius 2 is 1.64 bits per heavy atom. The van der Waals surface area contributed by atoms with Crippen LogP contribution in [0.5, 0.6) is 0 Å². The van der Waals surface area contributed by atoms with Gasteiger partial charge in [-0.2, -0.15) is 0 Å². The summed E-state index contributed by atoms with van der Waals surface area (Å²) in [6, 6.07) is 20.4. The summed E-state index contributed by atoms with van der Waals surface area (Å²) in [4.78, 5) is 25.1. The van der Waals surface area contributed by atoms with E-state index in [0.717, 1.165) is 16.8 Å². The quantitative estimate of drug-likeness (QED) is 0.725. The maximum absolute atomic E-state index is 12.5. The monoisotopic (exact) mass is 350 g/mol. The molecular weight excluding hydrogens is 332 g/mol. The van der Waals surface area contributed by atoms with Crippen molar-refractivity contribution < 1.29 is 9.59 Å². The van der Waals surface area contributed by atoms with E-state index in [0.29, 0.717) is 4.88 Å². The lowest BCUT2D eigenvalue weighted by atomic mass is 10.0. The first-order valence-electron chi connectivity index (χ1n) is 7.95. The number of anilines is 1. The van der Waals surface area contributed by atoms with Crippen molar-refractivity contribution in [1.82, 2.24) is 5.32 Å². The highest BCUT2D eigenvalue weighted by Crippen LogP contribution is 2.27. The van der Waals surface area contributed by atoms with Gasteiger partial charge in [0.25, 0.3) is 5.91 Å². The average molecular weight is 350 g/mol. The number of hydrogen-bond donors (Lipinski definition) is 2. The molecule has 25 heavy (non-hydrogen) atoms. The zero-order valence-corrected chi connectivity index (χ0v) is 14.5. The van der Waals surface area contributed by atoms with Gasteiger partial charge in [0.15, 0.2) is 0 Å². The summed E-state index contributed by atoms with van der Waals surface area (Å²) in [7, 11) is 0. The van der Waals surface area contributed by atoms with Crippen LogP contribution in [0.1, 0.15) is 16.6 Å². The van der Waals surface area contributed by atoms with Crippen LogP contribution in [0, 0.1) is 0 Å². The van der Waals surface area contributed by atoms with Crippen LogP contribution in [-0.2, 0) is 4.79 Å². The molecule has 2 N–H and O–H groups in total. The molecule has 1 aromatic heterocycles. The highest BCUT2D eigenvalue weighted by molar-refractivity contribution is 7.12. The van der Waals surface area contributed by atoms with Crippen molar-refractivity contribution >= 4 is 28.8 Å². The third-order valence-corrected chi connectivity index (χ3v) is 4.62. The predicted octanol–water partition coefficient (Wildman–Crippen LogP) is 4.17. The molecule has 0 aliphatic rings. The third-order valence-electron chi connectivity index (χ3n) is 3.76. The van der Waals surface area contributed by atoms with E-state index in [-0.39, 0.29) is 11.8 Å². The van der Waals surface area contributed by atoms with Gasteiger partial charge in [-0.1, -0.05) is 54.6 Å². The fourth-order valence-electron chi connectivity index (χ4n) is 2.44. The molecule has 0 fully saturated rings. The fraction of sp³-hybridized carbons (Fsp3) is 0.100. The smallest absolute Gasteiger partial charge is 0.261 e. The zero-order chi connectivity index (χ0) is 17.6. The van der Waals surface area contributed by atoms with Gasteiger partial charge in [0.1, 0.15) is 6.04 Å². The summed E-state index contributed by atoms with van der Waals surface area (Å²) in [5, 5.41) is 7.46. The minimum atomic E-state index is -0.640. The van der Waals surface area contributed by atoms with Gasteiger partial charge in [-0.25, -0.2) is 0 Å². The summed E-state index contributed by atoms with van der Waals surface area (Å²) in [6.07, 6.45) is 0. The Labute approximate surface area is 150 Å². The summed E-state index contributed by atoms with van der Waals surface area (Å²) >= 11 is 1.34. The number of rotatable bonds is 5. The number of carbonyl (C=O) groups excluding carboxylic acids is 2.